The first-order valence-electron chi connectivity index (χ1n) is 5.07. The summed E-state index contributed by atoms with van der Waals surface area (Å²) in [7, 11) is 0. The van der Waals surface area contributed by atoms with Crippen molar-refractivity contribution < 1.29 is 8.78 Å². The first-order chi connectivity index (χ1) is 6.73. The van der Waals surface area contributed by atoms with Crippen molar-refractivity contribution in [3.63, 3.8) is 0 Å². The van der Waals surface area contributed by atoms with E-state index < -0.39 is 12.6 Å². The quantitative estimate of drug-likeness (QED) is 0.617. The average Bonchev–Trinajstić information content (AvgIpc) is 2.20. The molecule has 0 saturated heterocycles. The summed E-state index contributed by atoms with van der Waals surface area (Å²) in [6, 6.07) is 0. The molecule has 0 aromatic carbocycles. The fourth-order valence-electron chi connectivity index (χ4n) is 1.51. The molecular weight excluding hydrogens is 184 g/mol. The summed E-state index contributed by atoms with van der Waals surface area (Å²) in [4.78, 5) is 1.25. The van der Waals surface area contributed by atoms with Gasteiger partial charge in [0.05, 0.1) is 0 Å². The van der Waals surface area contributed by atoms with E-state index in [0.717, 1.165) is 12.8 Å². The monoisotopic (exact) mass is 201 g/mol. The second-order valence-corrected chi connectivity index (χ2v) is 3.55. The molecule has 80 valence electrons. The third-order valence-corrected chi connectivity index (χ3v) is 2.45. The van der Waals surface area contributed by atoms with Crippen molar-refractivity contribution in [3.05, 3.63) is 24.3 Å². The molecule has 0 aliphatic heterocycles. The van der Waals surface area contributed by atoms with Gasteiger partial charge in [0.25, 0.3) is 0 Å². The van der Waals surface area contributed by atoms with Crippen LogP contribution in [0.1, 0.15) is 26.2 Å². The number of halogens is 2. The van der Waals surface area contributed by atoms with E-state index in [0.29, 0.717) is 6.54 Å². The van der Waals surface area contributed by atoms with Crippen LogP contribution in [-0.2, 0) is 0 Å². The predicted molar refractivity (Wildman–Crippen MR) is 54.3 cm³/mol. The van der Waals surface area contributed by atoms with E-state index in [9.17, 15) is 8.78 Å². The van der Waals surface area contributed by atoms with Crippen molar-refractivity contribution >= 4 is 0 Å². The minimum Gasteiger partial charge on any atom is -0.240 e. The van der Waals surface area contributed by atoms with E-state index in [4.69, 9.17) is 0 Å². The normalized spacial score (nSPS) is 26.0. The zero-order chi connectivity index (χ0) is 10.4. The van der Waals surface area contributed by atoms with Gasteiger partial charge in [-0.3, -0.25) is 0 Å². The molecule has 1 atom stereocenters. The Bertz CT molecular complexity index is 225. The van der Waals surface area contributed by atoms with E-state index in [2.05, 4.69) is 0 Å². The number of rotatable bonds is 5. The number of unbranched alkanes of at least 4 members (excludes halogenated alkanes) is 1. The average molecular weight is 201 g/mol. The van der Waals surface area contributed by atoms with Crippen molar-refractivity contribution in [2.45, 2.75) is 32.0 Å². The smallest absolute Gasteiger partial charge is 0.188 e. The van der Waals surface area contributed by atoms with E-state index in [1.807, 2.05) is 6.92 Å². The highest BCUT2D eigenvalue weighted by Crippen LogP contribution is 2.27. The highest BCUT2D eigenvalue weighted by Gasteiger charge is 2.33. The van der Waals surface area contributed by atoms with Crippen LogP contribution in [0.25, 0.3) is 0 Å². The first kappa shape index (κ1) is 11.4. The third kappa shape index (κ3) is 2.64. The van der Waals surface area contributed by atoms with Crippen LogP contribution in [0.3, 0.4) is 0 Å². The van der Waals surface area contributed by atoms with Crippen molar-refractivity contribution in [1.82, 2.24) is 4.90 Å². The largest absolute Gasteiger partial charge is 0.240 e. The third-order valence-electron chi connectivity index (χ3n) is 2.45. The summed E-state index contributed by atoms with van der Waals surface area (Å²) in [5.41, 5.74) is 0. The van der Waals surface area contributed by atoms with Gasteiger partial charge in [0.15, 0.2) is 5.79 Å². The zero-order valence-electron chi connectivity index (χ0n) is 8.55. The Balaban J connectivity index is 2.58. The molecule has 1 aliphatic rings. The summed E-state index contributed by atoms with van der Waals surface area (Å²) in [5.74, 6) is -1.61. The molecule has 1 nitrogen and oxygen atoms in total. The molecule has 0 aromatic rings. The lowest BCUT2D eigenvalue weighted by Gasteiger charge is -2.33. The van der Waals surface area contributed by atoms with Gasteiger partial charge in [0.1, 0.15) is 6.80 Å². The van der Waals surface area contributed by atoms with Crippen molar-refractivity contribution in [2.24, 2.45) is 0 Å². The second kappa shape index (κ2) is 5.25. The van der Waals surface area contributed by atoms with Crippen LogP contribution in [0.2, 0.25) is 0 Å². The lowest BCUT2D eigenvalue weighted by Crippen LogP contribution is -2.44. The van der Waals surface area contributed by atoms with Gasteiger partial charge in [-0.15, -0.1) is 0 Å². The topological polar surface area (TPSA) is 3.24 Å². The van der Waals surface area contributed by atoms with Gasteiger partial charge in [-0.2, -0.15) is 0 Å². The van der Waals surface area contributed by atoms with Crippen molar-refractivity contribution in [3.8, 4) is 0 Å². The molecule has 0 heterocycles. The number of allylic oxidation sites excluding steroid dienone is 2. The Morgan fingerprint density at radius 1 is 1.43 bits per heavy atom. The van der Waals surface area contributed by atoms with Gasteiger partial charge in [-0.25, -0.2) is 13.7 Å². The maximum Gasteiger partial charge on any atom is 0.188 e. The lowest BCUT2D eigenvalue weighted by atomic mass is 10.0. The van der Waals surface area contributed by atoms with E-state index in [-0.39, 0.29) is 6.42 Å². The van der Waals surface area contributed by atoms with Crippen LogP contribution in [0.5, 0.6) is 0 Å². The molecule has 3 heteroatoms. The summed E-state index contributed by atoms with van der Waals surface area (Å²) >= 11 is 0. The molecule has 0 amide bonds. The van der Waals surface area contributed by atoms with Gasteiger partial charge in [-0.1, -0.05) is 31.6 Å². The molecule has 0 spiro atoms. The molecule has 1 aliphatic carbocycles. The summed E-state index contributed by atoms with van der Waals surface area (Å²) in [6.45, 7) is 1.76. The van der Waals surface area contributed by atoms with Crippen molar-refractivity contribution in [2.75, 3.05) is 13.3 Å². The van der Waals surface area contributed by atoms with Crippen LogP contribution in [-0.4, -0.2) is 24.0 Å². The van der Waals surface area contributed by atoms with Crippen LogP contribution in [0.4, 0.5) is 8.78 Å². The minimum absolute atomic E-state index is 0.247. The van der Waals surface area contributed by atoms with Gasteiger partial charge in [0, 0.05) is 13.0 Å². The molecule has 14 heavy (non-hydrogen) atoms. The lowest BCUT2D eigenvalue weighted by molar-refractivity contribution is -0.0199. The fourth-order valence-corrected chi connectivity index (χ4v) is 1.51. The number of nitrogens with zero attached hydrogens (tertiary/aromatic N) is 1. The maximum absolute atomic E-state index is 14.1. The standard InChI is InChI=1S/C11H17F2N/c1-2-3-9-14(10-12)11(13)7-5-4-6-8-11/h4-7H,2-3,8-10H2,1H3. The highest BCUT2D eigenvalue weighted by atomic mass is 19.2. The molecule has 1 unspecified atom stereocenters. The van der Waals surface area contributed by atoms with Gasteiger partial charge < -0.3 is 0 Å². The second-order valence-electron chi connectivity index (χ2n) is 3.55. The zero-order valence-corrected chi connectivity index (χ0v) is 8.55. The van der Waals surface area contributed by atoms with Gasteiger partial charge >= 0.3 is 0 Å². The van der Waals surface area contributed by atoms with Crippen molar-refractivity contribution in [1.29, 1.82) is 0 Å². The maximum atomic E-state index is 14.1. The van der Waals surface area contributed by atoms with Crippen LogP contribution >= 0.6 is 0 Å². The van der Waals surface area contributed by atoms with E-state index in [1.54, 1.807) is 18.2 Å². The molecular formula is C11H17F2N. The predicted octanol–water partition coefficient (Wildman–Crippen LogP) is 3.20. The fraction of sp³-hybridized carbons (Fsp3) is 0.636. The highest BCUT2D eigenvalue weighted by molar-refractivity contribution is 5.17. The molecule has 0 fully saturated rings. The van der Waals surface area contributed by atoms with Crippen LogP contribution < -0.4 is 0 Å². The van der Waals surface area contributed by atoms with Crippen LogP contribution in [0, 0.1) is 0 Å². The van der Waals surface area contributed by atoms with Gasteiger partial charge in [-0.05, 0) is 12.5 Å². The van der Waals surface area contributed by atoms with E-state index >= 15 is 0 Å². The SMILES string of the molecule is CCCCN(CF)C1(F)C=CC=CC1. The number of hydrogen-bond donors (Lipinski definition) is 0. The summed E-state index contributed by atoms with van der Waals surface area (Å²) in [6.07, 6.45) is 8.61. The Kier molecular flexibility index (Phi) is 4.26. The Morgan fingerprint density at radius 3 is 2.71 bits per heavy atom. The summed E-state index contributed by atoms with van der Waals surface area (Å²) < 4.78 is 26.7. The number of alkyl halides is 2. The molecule has 1 rings (SSSR count). The van der Waals surface area contributed by atoms with Crippen LogP contribution in [0.15, 0.2) is 24.3 Å². The molecule has 0 saturated carbocycles. The minimum atomic E-state index is -1.61. The number of hydrogen-bond acceptors (Lipinski definition) is 1. The summed E-state index contributed by atoms with van der Waals surface area (Å²) in [5, 5.41) is 0. The van der Waals surface area contributed by atoms with E-state index in [1.165, 1.54) is 11.0 Å². The van der Waals surface area contributed by atoms with Gasteiger partial charge in [0.2, 0.25) is 0 Å². The Hall–Kier alpha value is -0.700. The Morgan fingerprint density at radius 2 is 2.21 bits per heavy atom. The molecule has 0 bridgehead atoms. The molecule has 0 aromatic heterocycles. The molecule has 0 radical (unpaired) electrons. The molecule has 0 N–H and O–H groups in total. The first-order valence-corrected chi connectivity index (χ1v) is 5.07. The Labute approximate surface area is 84.1 Å².